The Labute approximate surface area is 563 Å². The summed E-state index contributed by atoms with van der Waals surface area (Å²) in [4.78, 5) is 117. The smallest absolute Gasteiger partial charge is 0.691 e. The van der Waals surface area contributed by atoms with Crippen molar-refractivity contribution < 1.29 is 132 Å². The van der Waals surface area contributed by atoms with Gasteiger partial charge in [-0.15, -0.1) is 14.5 Å². The molecule has 35 heteroatoms. The summed E-state index contributed by atoms with van der Waals surface area (Å²) in [6.45, 7) is 5.26. The first kappa shape index (κ1) is 73.7. The Hall–Kier alpha value is -6.71. The summed E-state index contributed by atoms with van der Waals surface area (Å²) in [7, 11) is 0. The van der Waals surface area contributed by atoms with Crippen LogP contribution in [0.25, 0.3) is 21.1 Å². The van der Waals surface area contributed by atoms with Crippen molar-refractivity contribution in [3.05, 3.63) is 77.9 Å². The van der Waals surface area contributed by atoms with Crippen LogP contribution in [0, 0.1) is 5.92 Å². The average Bonchev–Trinajstić information content (AvgIpc) is 1.72. The summed E-state index contributed by atoms with van der Waals surface area (Å²) >= 11 is 1.22. The number of rotatable bonds is 19. The van der Waals surface area contributed by atoms with E-state index in [1.165, 1.54) is 30.4 Å². The van der Waals surface area contributed by atoms with E-state index in [4.69, 9.17) is 14.7 Å². The van der Waals surface area contributed by atoms with Crippen LogP contribution in [0.15, 0.2) is 66.7 Å². The number of primary amides is 1. The van der Waals surface area contributed by atoms with Gasteiger partial charge >= 0.3 is 29.6 Å². The maximum absolute atomic E-state index is 14.7. The molecule has 32 nitrogen and oxygen atoms in total. The molecular weight excluding hydrogens is 1270 g/mol. The van der Waals surface area contributed by atoms with Gasteiger partial charge in [0.25, 0.3) is 18.2 Å². The molecule has 1 aromatic heterocycles. The molecule has 15 N–H and O–H groups in total. The second-order valence-corrected chi connectivity index (χ2v) is 24.4. The Morgan fingerprint density at radius 1 is 0.806 bits per heavy atom. The number of phenols is 1. The number of amides is 8. The van der Waals surface area contributed by atoms with Gasteiger partial charge in [0, 0.05) is 80.5 Å². The van der Waals surface area contributed by atoms with Crippen LogP contribution in [0.1, 0.15) is 81.3 Å². The summed E-state index contributed by atoms with van der Waals surface area (Å²) in [6, 6.07) is 4.62. The largest absolute Gasteiger partial charge is 1.00 e. The molecule has 500 valence electrons. The number of hydrogen-bond acceptors (Lipinski definition) is 26. The number of nitrogens with zero attached hydrogens (tertiary/aromatic N) is 5. The van der Waals surface area contributed by atoms with Gasteiger partial charge in [0.1, 0.15) is 58.5 Å². The number of aromatic nitrogens is 2. The molecular formula is C58H74N11NaO21S2. The molecule has 5 heterocycles. The fourth-order valence-corrected chi connectivity index (χ4v) is 12.4. The Morgan fingerprint density at radius 3 is 2.05 bits per heavy atom. The summed E-state index contributed by atoms with van der Waals surface area (Å²) in [5.41, 5.74) is 7.51. The predicted octanol–water partition coefficient (Wildman–Crippen LogP) is -6.54. The number of aliphatic hydroxyl groups is 7. The molecule has 8 rings (SSSR count). The Morgan fingerprint density at radius 2 is 1.43 bits per heavy atom. The molecule has 0 bridgehead atoms. The first-order valence-corrected chi connectivity index (χ1v) is 31.0. The fourth-order valence-electron chi connectivity index (χ4n) is 11.3. The van der Waals surface area contributed by atoms with Crippen molar-refractivity contribution in [2.24, 2.45) is 11.7 Å². The molecule has 4 fully saturated rings. The van der Waals surface area contributed by atoms with E-state index in [2.05, 4.69) is 58.0 Å². The fraction of sp³-hybridized carbons (Fsp3) is 0.517. The zero-order valence-corrected chi connectivity index (χ0v) is 54.6. The number of carbonyl (C=O) groups excluding carboxylic acids is 8. The third kappa shape index (κ3) is 18.4. The minimum atomic E-state index is -2.54. The number of hydrogen-bond donors (Lipinski definition) is 14. The van der Waals surface area contributed by atoms with Crippen molar-refractivity contribution >= 4 is 76.6 Å². The average molecular weight is 1350 g/mol. The molecule has 4 aliphatic rings. The van der Waals surface area contributed by atoms with Gasteiger partial charge in [-0.3, -0.25) is 43.4 Å². The van der Waals surface area contributed by atoms with Crippen LogP contribution in [0.4, 0.5) is 5.69 Å². The minimum absolute atomic E-state index is 0. The second-order valence-electron chi connectivity index (χ2n) is 22.9. The van der Waals surface area contributed by atoms with Crippen molar-refractivity contribution in [1.82, 2.24) is 46.6 Å². The van der Waals surface area contributed by atoms with Crippen LogP contribution in [-0.4, -0.2) is 226 Å². The van der Waals surface area contributed by atoms with Crippen LogP contribution < -0.4 is 76.2 Å². The first-order valence-electron chi connectivity index (χ1n) is 29.6. The number of aromatic hydroxyl groups is 1. The van der Waals surface area contributed by atoms with Crippen LogP contribution >= 0.6 is 23.7 Å². The number of ether oxygens (including phenoxy) is 1. The number of fused-ring (bicyclic) bond motifs is 2. The normalized spacial score (nSPS) is 26.0. The second kappa shape index (κ2) is 33.6. The number of benzene rings is 3. The number of piperidine rings is 1. The van der Waals surface area contributed by atoms with E-state index in [0.29, 0.717) is 15.6 Å². The van der Waals surface area contributed by atoms with E-state index in [1.807, 2.05) is 24.3 Å². The van der Waals surface area contributed by atoms with Crippen LogP contribution in [0.5, 0.6) is 11.5 Å². The van der Waals surface area contributed by atoms with Gasteiger partial charge in [-0.05, 0) is 80.3 Å². The van der Waals surface area contributed by atoms with Gasteiger partial charge in [0.15, 0.2) is 11.5 Å². The van der Waals surface area contributed by atoms with Gasteiger partial charge in [-0.1, -0.05) is 43.4 Å². The first-order chi connectivity index (χ1) is 43.9. The van der Waals surface area contributed by atoms with E-state index in [9.17, 15) is 84.5 Å². The summed E-state index contributed by atoms with van der Waals surface area (Å²) in [5, 5.41) is 125. The molecule has 0 spiro atoms. The molecule has 4 saturated heterocycles. The van der Waals surface area contributed by atoms with Gasteiger partial charge in [-0.2, -0.15) is 0 Å². The maximum Gasteiger partial charge on any atom is 1.00 e. The van der Waals surface area contributed by atoms with Gasteiger partial charge in [-0.25, -0.2) is 0 Å². The van der Waals surface area contributed by atoms with Crippen molar-refractivity contribution in [2.45, 2.75) is 144 Å². The van der Waals surface area contributed by atoms with Crippen molar-refractivity contribution in [3.63, 3.8) is 0 Å². The number of phenolic OH excluding ortho intramolecular Hbond substituents is 1. The number of nitrogens with two attached hydrogens (primary N) is 1. The third-order valence-electron chi connectivity index (χ3n) is 16.2. The Balaban J connectivity index is 0.0000123. The number of anilines is 1. The van der Waals surface area contributed by atoms with Crippen LogP contribution in [-0.2, 0) is 47.7 Å². The van der Waals surface area contributed by atoms with E-state index in [0.717, 1.165) is 85.1 Å². The van der Waals surface area contributed by atoms with Crippen LogP contribution in [0.3, 0.4) is 0 Å². The van der Waals surface area contributed by atoms with Gasteiger partial charge in [0.05, 0.1) is 43.0 Å². The molecule has 3 aromatic carbocycles. The maximum atomic E-state index is 14.7. The molecule has 8 amide bonds. The molecule has 4 aliphatic heterocycles. The molecule has 0 radical (unpaired) electrons. The number of β-amino-alcohol motifs (C(OH)–C–C–N with tert-alkyl or cyclic N) is 1. The predicted molar refractivity (Wildman–Crippen MR) is 321 cm³/mol. The summed E-state index contributed by atoms with van der Waals surface area (Å²) in [5.74, 6) is -12.0. The molecule has 13 unspecified atom stereocenters. The van der Waals surface area contributed by atoms with E-state index in [-0.39, 0.29) is 59.1 Å². The molecule has 4 aromatic rings. The van der Waals surface area contributed by atoms with E-state index >= 15 is 0 Å². The van der Waals surface area contributed by atoms with Crippen LogP contribution in [0.2, 0.25) is 0 Å². The van der Waals surface area contributed by atoms with E-state index in [1.54, 1.807) is 12.1 Å². The number of nitrogens with one attached hydrogen (secondary N) is 5. The zero-order chi connectivity index (χ0) is 66.7. The molecule has 14 atom stereocenters. The molecule has 93 heavy (non-hydrogen) atoms. The molecule has 0 saturated carbocycles. The minimum Gasteiger partial charge on any atom is -0.691 e. The SMILES string of the molecule is CCCOC1CCN(c2ccc(-c3nnc(-c4ccc(C(=O)N[C@H]5CC(O)CNC(=O)C6C(O)C(C)CN6C(=O)C(C(O)CC(N)=O)NC(=O)C(C(O)C(O)c6ccc(O)c(OSOO[O-])c6)NC(=O)C6CC(O)CN6C(=O)C(C(C)O)NC5=O)cc4)s3)cc2)CC1.[Na+]. The van der Waals surface area contributed by atoms with E-state index < -0.39 is 183 Å². The monoisotopic (exact) mass is 1350 g/mol. The summed E-state index contributed by atoms with van der Waals surface area (Å²) < 4.78 is 15.0. The Kier molecular flexibility index (Phi) is 26.6. The summed E-state index contributed by atoms with van der Waals surface area (Å²) in [6.07, 6.45) is -13.1. The molecule has 0 aliphatic carbocycles. The standard InChI is InChI=1S/C58H75N11O21S2.Na/c1-4-19-87-36-15-17-67(18-16-36)33-12-9-31(10-13-33)56-66-65-55(91-56)30-7-5-29(6-8-30)50(79)61-37-21-34(71)24-60-54(83)46-47(76)27(2)25-69(46)58(85)44(40(74)23-42(59)75)63-53(82)45(49(78)48(77)32-11-14-39(73)41(20-32)88-92-90-89-86)64-52(81)38-22-35(72)26-68(38)57(84)43(28(3)70)62-51(37)80;/h5-14,20,27-28,34-38,40,43-49,70-74,76-78,86H,4,15-19,21-26H2,1-3H3,(H2,59,75)(H,60,83)(H,61,79)(H,62,80)(H,63,82)(H,64,81);/q;+1/p-1/t27?,28?,34?,35?,37-,38?,40?,43?,44?,45?,46?,47?,48?,49?;/m0./s1. The number of carbonyl (C=O) groups is 8. The van der Waals surface area contributed by atoms with Crippen molar-refractivity contribution in [2.75, 3.05) is 44.2 Å². The quantitative estimate of drug-likeness (QED) is 0.0136. The van der Waals surface area contributed by atoms with Crippen molar-refractivity contribution in [1.29, 1.82) is 0 Å². The topological polar surface area (TPSA) is 480 Å². The Bertz CT molecular complexity index is 3260. The van der Waals surface area contributed by atoms with Gasteiger partial charge in [0.2, 0.25) is 41.4 Å². The third-order valence-corrected chi connectivity index (χ3v) is 17.6. The van der Waals surface area contributed by atoms with Gasteiger partial charge < -0.3 is 102 Å². The zero-order valence-electron chi connectivity index (χ0n) is 51.0. The number of aliphatic hydroxyl groups excluding tert-OH is 7. The van der Waals surface area contributed by atoms with Crippen molar-refractivity contribution in [3.8, 4) is 32.6 Å².